The number of nitrogens with zero attached hydrogens (tertiary/aromatic N) is 1. The topological polar surface area (TPSA) is 117 Å². The van der Waals surface area contributed by atoms with Gasteiger partial charge in [-0.05, 0) is 37.5 Å². The van der Waals surface area contributed by atoms with Gasteiger partial charge in [-0.25, -0.2) is 4.79 Å². The van der Waals surface area contributed by atoms with Gasteiger partial charge in [-0.2, -0.15) is 0 Å². The highest BCUT2D eigenvalue weighted by Gasteiger charge is 2.36. The number of hydrogen-bond acceptors (Lipinski definition) is 6. The van der Waals surface area contributed by atoms with E-state index < -0.39 is 18.5 Å². The molecular formula is C19H24N4O5. The Morgan fingerprint density at radius 2 is 2.07 bits per heavy atom. The predicted octanol–water partition coefficient (Wildman–Crippen LogP) is 0.407. The van der Waals surface area contributed by atoms with Crippen LogP contribution < -0.4 is 20.9 Å². The summed E-state index contributed by atoms with van der Waals surface area (Å²) in [6.45, 7) is 2.61. The fourth-order valence-corrected chi connectivity index (χ4v) is 3.33. The lowest BCUT2D eigenvalue weighted by atomic mass is 10.1. The van der Waals surface area contributed by atoms with Gasteiger partial charge in [0.25, 0.3) is 5.91 Å². The molecule has 3 N–H and O–H groups in total. The summed E-state index contributed by atoms with van der Waals surface area (Å²) >= 11 is 0. The first-order valence-electron chi connectivity index (χ1n) is 9.41. The Bertz CT molecular complexity index is 795. The maximum Gasteiger partial charge on any atom is 0.338 e. The van der Waals surface area contributed by atoms with Crippen molar-refractivity contribution in [3.8, 4) is 0 Å². The normalized spacial score (nSPS) is 17.2. The van der Waals surface area contributed by atoms with Crippen LogP contribution in [0.1, 0.15) is 36.5 Å². The van der Waals surface area contributed by atoms with E-state index in [4.69, 9.17) is 4.74 Å². The van der Waals surface area contributed by atoms with Gasteiger partial charge < -0.3 is 25.6 Å². The molecule has 3 amide bonds. The second-order valence-corrected chi connectivity index (χ2v) is 6.78. The molecule has 0 bridgehead atoms. The minimum atomic E-state index is -0.675. The molecule has 2 aliphatic rings. The first-order chi connectivity index (χ1) is 13.5. The summed E-state index contributed by atoms with van der Waals surface area (Å²) in [6, 6.07) is 4.80. The molecule has 1 atom stereocenters. The molecule has 9 nitrogen and oxygen atoms in total. The molecule has 1 fully saturated rings. The molecule has 0 radical (unpaired) electrons. The molecule has 1 aromatic rings. The Hall–Kier alpha value is -3.10. The van der Waals surface area contributed by atoms with Crippen molar-refractivity contribution in [3.05, 3.63) is 23.8 Å². The monoisotopic (exact) mass is 388 g/mol. The average molecular weight is 388 g/mol. The van der Waals surface area contributed by atoms with Crippen molar-refractivity contribution in [2.75, 3.05) is 36.5 Å². The van der Waals surface area contributed by atoms with Crippen LogP contribution in [0.3, 0.4) is 0 Å². The lowest BCUT2D eigenvalue weighted by molar-refractivity contribution is -0.127. The largest absolute Gasteiger partial charge is 0.452 e. The average Bonchev–Trinajstić information content (AvgIpc) is 3.19. The Balaban J connectivity index is 1.53. The summed E-state index contributed by atoms with van der Waals surface area (Å²) < 4.78 is 5.00. The van der Waals surface area contributed by atoms with Crippen molar-refractivity contribution in [3.63, 3.8) is 0 Å². The highest BCUT2D eigenvalue weighted by molar-refractivity contribution is 6.05. The van der Waals surface area contributed by atoms with Crippen LogP contribution in [0.5, 0.6) is 0 Å². The third-order valence-corrected chi connectivity index (χ3v) is 4.71. The molecule has 1 aromatic carbocycles. The van der Waals surface area contributed by atoms with Gasteiger partial charge in [0.05, 0.1) is 23.5 Å². The van der Waals surface area contributed by atoms with Crippen LogP contribution in [0, 0.1) is 0 Å². The second-order valence-electron chi connectivity index (χ2n) is 6.78. The van der Waals surface area contributed by atoms with Crippen molar-refractivity contribution < 1.29 is 23.9 Å². The molecule has 0 saturated carbocycles. The molecular weight excluding hydrogens is 364 g/mol. The van der Waals surface area contributed by atoms with E-state index in [1.807, 2.05) is 11.8 Å². The smallest absolute Gasteiger partial charge is 0.338 e. The van der Waals surface area contributed by atoms with Gasteiger partial charge in [-0.15, -0.1) is 0 Å². The molecule has 3 rings (SSSR count). The standard InChI is InChI=1S/C19H24N4O5/c1-2-7-20-16(24)10-21-17(25)11-28-19(27)12-5-6-14-13(9-12)22-18(26)15-4-3-8-23(14)15/h5-6,9,15H,2-4,7-8,10-11H2,1H3,(H,20,24)(H,21,25)(H,22,26)/t15-/m1/s1. The molecule has 150 valence electrons. The Morgan fingerprint density at radius 1 is 1.25 bits per heavy atom. The van der Waals surface area contributed by atoms with Crippen molar-refractivity contribution >= 4 is 35.1 Å². The van der Waals surface area contributed by atoms with E-state index in [1.54, 1.807) is 18.2 Å². The first kappa shape index (κ1) is 19.7. The van der Waals surface area contributed by atoms with Crippen LogP contribution in [0.2, 0.25) is 0 Å². The third-order valence-electron chi connectivity index (χ3n) is 4.71. The number of amides is 3. The highest BCUT2D eigenvalue weighted by atomic mass is 16.5. The van der Waals surface area contributed by atoms with E-state index in [0.29, 0.717) is 12.2 Å². The number of rotatable bonds is 7. The number of nitrogens with one attached hydrogen (secondary N) is 3. The fourth-order valence-electron chi connectivity index (χ4n) is 3.33. The Labute approximate surface area is 162 Å². The van der Waals surface area contributed by atoms with Crippen LogP contribution in [-0.4, -0.2) is 56.0 Å². The minimum Gasteiger partial charge on any atom is -0.452 e. The lowest BCUT2D eigenvalue weighted by Crippen LogP contribution is -2.43. The van der Waals surface area contributed by atoms with Crippen LogP contribution in [0.25, 0.3) is 0 Å². The van der Waals surface area contributed by atoms with Gasteiger partial charge in [0, 0.05) is 13.1 Å². The quantitative estimate of drug-likeness (QED) is 0.583. The Morgan fingerprint density at radius 3 is 2.86 bits per heavy atom. The number of carbonyl (C=O) groups is 4. The second kappa shape index (κ2) is 8.73. The number of carbonyl (C=O) groups excluding carboxylic acids is 4. The fraction of sp³-hybridized carbons (Fsp3) is 0.474. The van der Waals surface area contributed by atoms with E-state index in [-0.39, 0.29) is 30.0 Å². The summed E-state index contributed by atoms with van der Waals surface area (Å²) in [5.41, 5.74) is 1.69. The van der Waals surface area contributed by atoms with Gasteiger partial charge in [-0.3, -0.25) is 14.4 Å². The van der Waals surface area contributed by atoms with E-state index >= 15 is 0 Å². The summed E-state index contributed by atoms with van der Waals surface area (Å²) in [5.74, 6) is -1.61. The minimum absolute atomic E-state index is 0.0729. The van der Waals surface area contributed by atoms with Gasteiger partial charge in [0.1, 0.15) is 6.04 Å². The molecule has 1 saturated heterocycles. The van der Waals surface area contributed by atoms with E-state index in [9.17, 15) is 19.2 Å². The third kappa shape index (κ3) is 4.41. The summed E-state index contributed by atoms with van der Waals surface area (Å²) in [6.07, 6.45) is 2.57. The molecule has 0 unspecified atom stereocenters. The van der Waals surface area contributed by atoms with Crippen LogP contribution in [0.4, 0.5) is 11.4 Å². The predicted molar refractivity (Wildman–Crippen MR) is 102 cm³/mol. The summed E-state index contributed by atoms with van der Waals surface area (Å²) in [5, 5.41) is 7.84. The number of hydrogen-bond donors (Lipinski definition) is 3. The number of benzene rings is 1. The van der Waals surface area contributed by atoms with Crippen LogP contribution in [0.15, 0.2) is 18.2 Å². The number of esters is 1. The van der Waals surface area contributed by atoms with Crippen molar-refractivity contribution in [2.45, 2.75) is 32.2 Å². The van der Waals surface area contributed by atoms with E-state index in [2.05, 4.69) is 16.0 Å². The molecule has 0 aromatic heterocycles. The van der Waals surface area contributed by atoms with E-state index in [1.165, 1.54) is 0 Å². The van der Waals surface area contributed by atoms with Gasteiger partial charge in [0.15, 0.2) is 6.61 Å². The van der Waals surface area contributed by atoms with Crippen LogP contribution >= 0.6 is 0 Å². The zero-order chi connectivity index (χ0) is 20.1. The molecule has 2 aliphatic heterocycles. The van der Waals surface area contributed by atoms with Crippen molar-refractivity contribution in [1.29, 1.82) is 0 Å². The SMILES string of the molecule is CCCNC(=O)CNC(=O)COC(=O)c1ccc2c(c1)NC(=O)[C@H]1CCCN21. The Kier molecular flexibility index (Phi) is 6.13. The first-order valence-corrected chi connectivity index (χ1v) is 9.41. The van der Waals surface area contributed by atoms with E-state index in [0.717, 1.165) is 31.5 Å². The molecule has 0 spiro atoms. The van der Waals surface area contributed by atoms with Gasteiger partial charge in [-0.1, -0.05) is 6.92 Å². The highest BCUT2D eigenvalue weighted by Crippen LogP contribution is 2.37. The maximum absolute atomic E-state index is 12.2. The maximum atomic E-state index is 12.2. The molecule has 2 heterocycles. The molecule has 0 aliphatic carbocycles. The number of fused-ring (bicyclic) bond motifs is 3. The van der Waals surface area contributed by atoms with Gasteiger partial charge >= 0.3 is 5.97 Å². The number of ether oxygens (including phenoxy) is 1. The van der Waals surface area contributed by atoms with Crippen LogP contribution in [-0.2, 0) is 19.1 Å². The molecule has 9 heteroatoms. The summed E-state index contributed by atoms with van der Waals surface area (Å²) in [4.78, 5) is 49.6. The number of anilines is 2. The van der Waals surface area contributed by atoms with Crippen molar-refractivity contribution in [2.24, 2.45) is 0 Å². The zero-order valence-electron chi connectivity index (χ0n) is 15.7. The lowest BCUT2D eigenvalue weighted by Gasteiger charge is -2.33. The molecule has 28 heavy (non-hydrogen) atoms. The zero-order valence-corrected chi connectivity index (χ0v) is 15.7. The summed E-state index contributed by atoms with van der Waals surface area (Å²) in [7, 11) is 0. The van der Waals surface area contributed by atoms with Gasteiger partial charge in [0.2, 0.25) is 11.8 Å². The van der Waals surface area contributed by atoms with Crippen molar-refractivity contribution in [1.82, 2.24) is 10.6 Å².